The van der Waals surface area contributed by atoms with Crippen molar-refractivity contribution < 1.29 is 9.32 Å². The summed E-state index contributed by atoms with van der Waals surface area (Å²) >= 11 is 7.36. The third-order valence-corrected chi connectivity index (χ3v) is 4.88. The summed E-state index contributed by atoms with van der Waals surface area (Å²) in [7, 11) is 0. The highest BCUT2D eigenvalue weighted by atomic mass is 35.5. The van der Waals surface area contributed by atoms with Gasteiger partial charge < -0.3 is 4.52 Å². The largest absolute Gasteiger partial charge is 0.360 e. The van der Waals surface area contributed by atoms with Crippen molar-refractivity contribution in [3.63, 3.8) is 0 Å². The molecule has 0 unspecified atom stereocenters. The van der Waals surface area contributed by atoms with Crippen LogP contribution in [0, 0.1) is 6.92 Å². The number of amides is 1. The monoisotopic (exact) mass is 369 g/mol. The van der Waals surface area contributed by atoms with Gasteiger partial charge in [0.15, 0.2) is 5.13 Å². The minimum Gasteiger partial charge on any atom is -0.360 e. The smallest absolute Gasteiger partial charge is 0.263 e. The first-order valence-corrected chi connectivity index (χ1v) is 8.70. The van der Waals surface area contributed by atoms with Crippen LogP contribution < -0.4 is 5.32 Å². The molecule has 0 bridgehead atoms. The Balaban J connectivity index is 1.68. The molecule has 2 heterocycles. The van der Waals surface area contributed by atoms with Gasteiger partial charge in [-0.25, -0.2) is 4.98 Å². The fraction of sp³-hybridized carbons (Fsp3) is 0.0556. The van der Waals surface area contributed by atoms with E-state index in [0.717, 1.165) is 15.8 Å². The number of rotatable bonds is 3. The molecule has 2 aromatic carbocycles. The second-order valence-corrected chi connectivity index (χ2v) is 6.88. The molecule has 0 aliphatic rings. The molecule has 0 aliphatic heterocycles. The zero-order chi connectivity index (χ0) is 17.4. The van der Waals surface area contributed by atoms with E-state index in [1.54, 1.807) is 13.0 Å². The Hall–Kier alpha value is -2.70. The van der Waals surface area contributed by atoms with E-state index in [-0.39, 0.29) is 5.91 Å². The summed E-state index contributed by atoms with van der Waals surface area (Å²) in [6, 6.07) is 14.9. The third-order valence-electron chi connectivity index (χ3n) is 3.71. The van der Waals surface area contributed by atoms with Crippen molar-refractivity contribution in [2.75, 3.05) is 5.32 Å². The van der Waals surface area contributed by atoms with Crippen LogP contribution in [0.5, 0.6) is 0 Å². The number of fused-ring (bicyclic) bond motifs is 1. The van der Waals surface area contributed by atoms with Crippen LogP contribution in [-0.2, 0) is 0 Å². The number of halogens is 1. The van der Waals surface area contributed by atoms with Crippen molar-refractivity contribution in [1.29, 1.82) is 0 Å². The van der Waals surface area contributed by atoms with Crippen molar-refractivity contribution >= 4 is 44.2 Å². The van der Waals surface area contributed by atoms with E-state index in [0.29, 0.717) is 27.2 Å². The number of aromatic nitrogens is 2. The van der Waals surface area contributed by atoms with Gasteiger partial charge >= 0.3 is 0 Å². The topological polar surface area (TPSA) is 68.0 Å². The van der Waals surface area contributed by atoms with Gasteiger partial charge in [-0.15, -0.1) is 0 Å². The van der Waals surface area contributed by atoms with Crippen molar-refractivity contribution in [3.05, 3.63) is 64.9 Å². The summed E-state index contributed by atoms with van der Waals surface area (Å²) in [6.45, 7) is 1.71. The van der Waals surface area contributed by atoms with E-state index in [1.165, 1.54) is 11.3 Å². The van der Waals surface area contributed by atoms with Gasteiger partial charge in [0.2, 0.25) is 0 Å². The quantitative estimate of drug-likeness (QED) is 0.541. The Morgan fingerprint density at radius 1 is 1.20 bits per heavy atom. The number of aryl methyl sites for hydroxylation is 1. The molecule has 5 nitrogen and oxygen atoms in total. The molecule has 25 heavy (non-hydrogen) atoms. The molecule has 2 aromatic heterocycles. The highest BCUT2D eigenvalue weighted by molar-refractivity contribution is 7.22. The SMILES string of the molecule is Cc1onc(-c2ccccc2)c1C(=O)Nc1nc2ccc(Cl)cc2s1. The lowest BCUT2D eigenvalue weighted by Crippen LogP contribution is -2.13. The van der Waals surface area contributed by atoms with Gasteiger partial charge in [-0.3, -0.25) is 10.1 Å². The second kappa shape index (κ2) is 6.31. The van der Waals surface area contributed by atoms with Gasteiger partial charge in [0.25, 0.3) is 5.91 Å². The van der Waals surface area contributed by atoms with Crippen molar-refractivity contribution in [2.24, 2.45) is 0 Å². The van der Waals surface area contributed by atoms with Crippen LogP contribution in [0.1, 0.15) is 16.1 Å². The Morgan fingerprint density at radius 2 is 2.00 bits per heavy atom. The van der Waals surface area contributed by atoms with Gasteiger partial charge in [0, 0.05) is 10.6 Å². The van der Waals surface area contributed by atoms with Gasteiger partial charge in [-0.05, 0) is 25.1 Å². The number of carbonyl (C=O) groups excluding carboxylic acids is 1. The third kappa shape index (κ3) is 3.01. The first kappa shape index (κ1) is 15.8. The normalized spacial score (nSPS) is 11.0. The highest BCUT2D eigenvalue weighted by Crippen LogP contribution is 2.30. The summed E-state index contributed by atoms with van der Waals surface area (Å²) < 4.78 is 6.15. The summed E-state index contributed by atoms with van der Waals surface area (Å²) in [6.07, 6.45) is 0. The minimum absolute atomic E-state index is 0.303. The molecule has 1 N–H and O–H groups in total. The summed E-state index contributed by atoms with van der Waals surface area (Å²) in [5, 5.41) is 8.00. The number of nitrogens with one attached hydrogen (secondary N) is 1. The fourth-order valence-corrected chi connectivity index (χ4v) is 3.68. The van der Waals surface area contributed by atoms with Gasteiger partial charge in [-0.2, -0.15) is 0 Å². The van der Waals surface area contributed by atoms with Crippen molar-refractivity contribution in [3.8, 4) is 11.3 Å². The summed E-state index contributed by atoms with van der Waals surface area (Å²) in [4.78, 5) is 17.2. The predicted molar refractivity (Wildman–Crippen MR) is 99.3 cm³/mol. The Bertz CT molecular complexity index is 1070. The Morgan fingerprint density at radius 3 is 2.80 bits per heavy atom. The van der Waals surface area contributed by atoms with Crippen LogP contribution in [0.4, 0.5) is 5.13 Å². The Labute approximate surface area is 152 Å². The zero-order valence-electron chi connectivity index (χ0n) is 13.1. The lowest BCUT2D eigenvalue weighted by Gasteiger charge is -2.02. The molecule has 0 spiro atoms. The Kier molecular flexibility index (Phi) is 3.99. The average molecular weight is 370 g/mol. The van der Waals surface area contributed by atoms with E-state index in [2.05, 4.69) is 15.5 Å². The van der Waals surface area contributed by atoms with E-state index < -0.39 is 0 Å². The van der Waals surface area contributed by atoms with E-state index in [4.69, 9.17) is 16.1 Å². The minimum atomic E-state index is -0.303. The van der Waals surface area contributed by atoms with E-state index >= 15 is 0 Å². The second-order valence-electron chi connectivity index (χ2n) is 5.41. The molecule has 0 aliphatic carbocycles. The maximum atomic E-state index is 12.8. The number of hydrogen-bond acceptors (Lipinski definition) is 5. The zero-order valence-corrected chi connectivity index (χ0v) is 14.7. The van der Waals surface area contributed by atoms with Gasteiger partial charge in [-0.1, -0.05) is 58.4 Å². The number of thiazole rings is 1. The molecule has 0 saturated carbocycles. The summed E-state index contributed by atoms with van der Waals surface area (Å²) in [5.74, 6) is 0.156. The highest BCUT2D eigenvalue weighted by Gasteiger charge is 2.22. The number of nitrogens with zero attached hydrogens (tertiary/aromatic N) is 2. The first-order valence-electron chi connectivity index (χ1n) is 7.51. The van der Waals surface area contributed by atoms with Crippen LogP contribution in [0.2, 0.25) is 5.02 Å². The number of hydrogen-bond donors (Lipinski definition) is 1. The maximum Gasteiger partial charge on any atom is 0.263 e. The number of anilines is 1. The van der Waals surface area contributed by atoms with Crippen LogP contribution in [0.25, 0.3) is 21.5 Å². The average Bonchev–Trinajstić information content (AvgIpc) is 3.18. The lowest BCUT2D eigenvalue weighted by atomic mass is 10.1. The number of benzene rings is 2. The molecule has 4 aromatic rings. The van der Waals surface area contributed by atoms with Crippen LogP contribution in [0.15, 0.2) is 53.1 Å². The molecule has 0 atom stereocenters. The van der Waals surface area contributed by atoms with Crippen molar-refractivity contribution in [2.45, 2.75) is 6.92 Å². The van der Waals surface area contributed by atoms with Gasteiger partial charge in [0.05, 0.1) is 10.2 Å². The van der Waals surface area contributed by atoms with Crippen molar-refractivity contribution in [1.82, 2.24) is 10.1 Å². The first-order chi connectivity index (χ1) is 12.1. The standard InChI is InChI=1S/C18H12ClN3O2S/c1-10-15(16(22-24-10)11-5-3-2-4-6-11)17(23)21-18-20-13-8-7-12(19)9-14(13)25-18/h2-9H,1H3,(H,20,21,23). The lowest BCUT2D eigenvalue weighted by molar-refractivity contribution is 0.102. The molecule has 124 valence electrons. The molecule has 4 rings (SSSR count). The molecule has 7 heteroatoms. The molecule has 0 radical (unpaired) electrons. The molecule has 0 fully saturated rings. The summed E-state index contributed by atoms with van der Waals surface area (Å²) in [5.41, 5.74) is 2.53. The maximum absolute atomic E-state index is 12.8. The van der Waals surface area contributed by atoms with E-state index in [1.807, 2.05) is 42.5 Å². The van der Waals surface area contributed by atoms with Crippen LogP contribution in [0.3, 0.4) is 0 Å². The van der Waals surface area contributed by atoms with E-state index in [9.17, 15) is 4.79 Å². The fourth-order valence-electron chi connectivity index (χ4n) is 2.54. The molecular weight excluding hydrogens is 358 g/mol. The van der Waals surface area contributed by atoms with Crippen LogP contribution >= 0.6 is 22.9 Å². The number of carbonyl (C=O) groups is 1. The molecule has 0 saturated heterocycles. The van der Waals surface area contributed by atoms with Gasteiger partial charge in [0.1, 0.15) is 17.0 Å². The molecular formula is C18H12ClN3O2S. The predicted octanol–water partition coefficient (Wildman–Crippen LogP) is 5.17. The van der Waals surface area contributed by atoms with Crippen LogP contribution in [-0.4, -0.2) is 16.0 Å². The molecule has 1 amide bonds.